The van der Waals surface area contributed by atoms with Crippen LogP contribution in [0.4, 0.5) is 4.39 Å². The Morgan fingerprint density at radius 3 is 2.58 bits per heavy atom. The van der Waals surface area contributed by atoms with Crippen LogP contribution in [0.1, 0.15) is 12.8 Å². The van der Waals surface area contributed by atoms with Gasteiger partial charge in [0.2, 0.25) is 10.0 Å². The van der Waals surface area contributed by atoms with Gasteiger partial charge >= 0.3 is 0 Å². The van der Waals surface area contributed by atoms with Crippen LogP contribution in [0.5, 0.6) is 0 Å². The van der Waals surface area contributed by atoms with Gasteiger partial charge in [0, 0.05) is 10.5 Å². The van der Waals surface area contributed by atoms with Crippen LogP contribution in [-0.4, -0.2) is 27.5 Å². The SMILES string of the molecule is O=S(=O)(NC1CCNCC1)c1c(Cl)cc(F)cc1Br. The zero-order valence-corrected chi connectivity index (χ0v) is 13.1. The van der Waals surface area contributed by atoms with Crippen molar-refractivity contribution in [3.63, 3.8) is 0 Å². The summed E-state index contributed by atoms with van der Waals surface area (Å²) >= 11 is 8.88. The summed E-state index contributed by atoms with van der Waals surface area (Å²) in [6.07, 6.45) is 1.44. The molecule has 1 aliphatic heterocycles. The standard InChI is InChI=1S/C11H13BrClFN2O2S/c12-9-5-7(14)6-10(13)11(9)19(17,18)16-8-1-3-15-4-2-8/h5-6,8,15-16H,1-4H2. The normalized spacial score (nSPS) is 17.6. The van der Waals surface area contributed by atoms with Gasteiger partial charge in [0.1, 0.15) is 10.7 Å². The van der Waals surface area contributed by atoms with Crippen LogP contribution >= 0.6 is 27.5 Å². The van der Waals surface area contributed by atoms with Crippen molar-refractivity contribution in [3.05, 3.63) is 27.4 Å². The molecule has 0 aromatic heterocycles. The molecule has 0 atom stereocenters. The van der Waals surface area contributed by atoms with Crippen molar-refractivity contribution in [2.24, 2.45) is 0 Å². The maximum atomic E-state index is 13.1. The quantitative estimate of drug-likeness (QED) is 0.857. The summed E-state index contributed by atoms with van der Waals surface area (Å²) in [4.78, 5) is -0.117. The molecule has 8 heteroatoms. The van der Waals surface area contributed by atoms with Crippen LogP contribution in [-0.2, 0) is 10.0 Å². The molecule has 1 fully saturated rings. The molecule has 1 aromatic carbocycles. The first-order valence-corrected chi connectivity index (χ1v) is 8.43. The Morgan fingerprint density at radius 2 is 2.00 bits per heavy atom. The van der Waals surface area contributed by atoms with Gasteiger partial charge in [-0.2, -0.15) is 0 Å². The number of rotatable bonds is 3. The van der Waals surface area contributed by atoms with E-state index in [1.807, 2.05) is 0 Å². The molecule has 2 rings (SSSR count). The molecule has 19 heavy (non-hydrogen) atoms. The van der Waals surface area contributed by atoms with Crippen LogP contribution in [0.15, 0.2) is 21.5 Å². The number of hydrogen-bond acceptors (Lipinski definition) is 3. The summed E-state index contributed by atoms with van der Waals surface area (Å²) in [7, 11) is -3.76. The lowest BCUT2D eigenvalue weighted by molar-refractivity contribution is 0.427. The average Bonchev–Trinajstić information content (AvgIpc) is 2.27. The van der Waals surface area contributed by atoms with E-state index < -0.39 is 15.8 Å². The number of hydrogen-bond donors (Lipinski definition) is 2. The van der Waals surface area contributed by atoms with Crippen molar-refractivity contribution in [2.75, 3.05) is 13.1 Å². The molecule has 1 aliphatic rings. The lowest BCUT2D eigenvalue weighted by atomic mass is 10.1. The predicted molar refractivity (Wildman–Crippen MR) is 75.3 cm³/mol. The molecule has 0 bridgehead atoms. The van der Waals surface area contributed by atoms with Crippen LogP contribution in [0.25, 0.3) is 0 Å². The summed E-state index contributed by atoms with van der Waals surface area (Å²) in [5.41, 5.74) is 0. The van der Waals surface area contributed by atoms with Crippen LogP contribution in [0, 0.1) is 5.82 Å². The van der Waals surface area contributed by atoms with Gasteiger partial charge in [-0.25, -0.2) is 17.5 Å². The van der Waals surface area contributed by atoms with E-state index in [1.165, 1.54) is 0 Å². The van der Waals surface area contributed by atoms with E-state index in [4.69, 9.17) is 11.6 Å². The van der Waals surface area contributed by atoms with Crippen LogP contribution in [0.2, 0.25) is 5.02 Å². The minimum atomic E-state index is -3.76. The second kappa shape index (κ2) is 6.05. The topological polar surface area (TPSA) is 58.2 Å². The highest BCUT2D eigenvalue weighted by molar-refractivity contribution is 9.10. The lowest BCUT2D eigenvalue weighted by Crippen LogP contribution is -2.42. The second-order valence-electron chi connectivity index (χ2n) is 4.34. The minimum absolute atomic E-state index is 0.117. The molecule has 2 N–H and O–H groups in total. The molecule has 0 aliphatic carbocycles. The van der Waals surface area contributed by atoms with Crippen molar-refractivity contribution in [1.82, 2.24) is 10.0 Å². The van der Waals surface area contributed by atoms with Gasteiger partial charge < -0.3 is 5.32 Å². The molecular formula is C11H13BrClFN2O2S. The smallest absolute Gasteiger partial charge is 0.243 e. The van der Waals surface area contributed by atoms with Gasteiger partial charge in [0.25, 0.3) is 0 Å². The van der Waals surface area contributed by atoms with Crippen molar-refractivity contribution < 1.29 is 12.8 Å². The number of piperidine rings is 1. The lowest BCUT2D eigenvalue weighted by Gasteiger charge is -2.24. The molecule has 1 heterocycles. The van der Waals surface area contributed by atoms with Crippen molar-refractivity contribution >= 4 is 37.6 Å². The Kier molecular flexibility index (Phi) is 4.84. The minimum Gasteiger partial charge on any atom is -0.317 e. The summed E-state index contributed by atoms with van der Waals surface area (Å²) in [6, 6.07) is 1.95. The third-order valence-electron chi connectivity index (χ3n) is 2.89. The van der Waals surface area contributed by atoms with E-state index in [-0.39, 0.29) is 20.4 Å². The summed E-state index contributed by atoms with van der Waals surface area (Å²) in [5, 5.41) is 3.02. The molecule has 0 spiro atoms. The molecule has 0 saturated carbocycles. The van der Waals surface area contributed by atoms with Gasteiger partial charge in [-0.15, -0.1) is 0 Å². The zero-order chi connectivity index (χ0) is 14.0. The third kappa shape index (κ3) is 3.66. The highest BCUT2D eigenvalue weighted by Gasteiger charge is 2.26. The van der Waals surface area contributed by atoms with Gasteiger partial charge in [-0.1, -0.05) is 11.6 Å². The largest absolute Gasteiger partial charge is 0.317 e. The predicted octanol–water partition coefficient (Wildman–Crippen LogP) is 2.27. The number of benzene rings is 1. The maximum Gasteiger partial charge on any atom is 0.243 e. The third-order valence-corrected chi connectivity index (χ3v) is 5.81. The van der Waals surface area contributed by atoms with Crippen molar-refractivity contribution in [1.29, 1.82) is 0 Å². The van der Waals surface area contributed by atoms with Gasteiger partial charge in [0.15, 0.2) is 0 Å². The van der Waals surface area contributed by atoms with Crippen LogP contribution in [0.3, 0.4) is 0 Å². The first-order valence-electron chi connectivity index (χ1n) is 5.78. The molecule has 106 valence electrons. The highest BCUT2D eigenvalue weighted by atomic mass is 79.9. The van der Waals surface area contributed by atoms with E-state index in [2.05, 4.69) is 26.0 Å². The number of sulfonamides is 1. The van der Waals surface area contributed by atoms with E-state index in [0.29, 0.717) is 0 Å². The fourth-order valence-electron chi connectivity index (χ4n) is 2.00. The summed E-state index contributed by atoms with van der Waals surface area (Å²) < 4.78 is 40.4. The maximum absolute atomic E-state index is 13.1. The van der Waals surface area contributed by atoms with Gasteiger partial charge in [-0.05, 0) is 54.0 Å². The second-order valence-corrected chi connectivity index (χ2v) is 7.26. The molecule has 0 radical (unpaired) electrons. The monoisotopic (exact) mass is 370 g/mol. The molecule has 0 amide bonds. The Bertz CT molecular complexity index is 553. The average molecular weight is 372 g/mol. The van der Waals surface area contributed by atoms with E-state index >= 15 is 0 Å². The van der Waals surface area contributed by atoms with Gasteiger partial charge in [-0.3, -0.25) is 0 Å². The number of nitrogens with one attached hydrogen (secondary N) is 2. The fraction of sp³-hybridized carbons (Fsp3) is 0.455. The van der Waals surface area contributed by atoms with E-state index in [0.717, 1.165) is 38.1 Å². The first-order chi connectivity index (χ1) is 8.90. The zero-order valence-electron chi connectivity index (χ0n) is 9.92. The Hall–Kier alpha value is -0.210. The Balaban J connectivity index is 2.29. The van der Waals surface area contributed by atoms with Gasteiger partial charge in [0.05, 0.1) is 5.02 Å². The molecule has 1 saturated heterocycles. The van der Waals surface area contributed by atoms with E-state index in [1.54, 1.807) is 0 Å². The molecular weight excluding hydrogens is 359 g/mol. The highest BCUT2D eigenvalue weighted by Crippen LogP contribution is 2.31. The van der Waals surface area contributed by atoms with Crippen molar-refractivity contribution in [3.8, 4) is 0 Å². The number of halogens is 3. The molecule has 1 aromatic rings. The first kappa shape index (κ1) is 15.2. The van der Waals surface area contributed by atoms with Crippen LogP contribution < -0.4 is 10.0 Å². The molecule has 0 unspecified atom stereocenters. The Labute approximate surface area is 124 Å². The Morgan fingerprint density at radius 1 is 1.37 bits per heavy atom. The fourth-order valence-corrected chi connectivity index (χ4v) is 5.12. The summed E-state index contributed by atoms with van der Waals surface area (Å²) in [5.74, 6) is -0.585. The molecule has 4 nitrogen and oxygen atoms in total. The van der Waals surface area contributed by atoms with E-state index in [9.17, 15) is 12.8 Å². The van der Waals surface area contributed by atoms with Crippen molar-refractivity contribution in [2.45, 2.75) is 23.8 Å². The summed E-state index contributed by atoms with van der Waals surface area (Å²) in [6.45, 7) is 1.54.